The number of fused-ring (bicyclic) bond motifs is 1. The molecule has 1 saturated heterocycles. The molecule has 108 valence electrons. The van der Waals surface area contributed by atoms with Gasteiger partial charge in [-0.25, -0.2) is 0 Å². The fourth-order valence-corrected chi connectivity index (χ4v) is 3.20. The predicted octanol–water partition coefficient (Wildman–Crippen LogP) is 1.35. The summed E-state index contributed by atoms with van der Waals surface area (Å²) in [6, 6.07) is 5.83. The van der Waals surface area contributed by atoms with E-state index in [0.717, 1.165) is 62.4 Å². The third-order valence-electron chi connectivity index (χ3n) is 4.40. The summed E-state index contributed by atoms with van der Waals surface area (Å²) >= 11 is 0. The summed E-state index contributed by atoms with van der Waals surface area (Å²) in [5.74, 6) is 1.32. The van der Waals surface area contributed by atoms with Crippen molar-refractivity contribution >= 4 is 5.78 Å². The van der Waals surface area contributed by atoms with Crippen molar-refractivity contribution in [3.8, 4) is 5.75 Å². The van der Waals surface area contributed by atoms with Crippen LogP contribution in [0.2, 0.25) is 0 Å². The van der Waals surface area contributed by atoms with Crippen molar-refractivity contribution in [2.24, 2.45) is 5.92 Å². The number of carbonyl (C=O) groups excluding carboxylic acids is 1. The van der Waals surface area contributed by atoms with E-state index in [1.165, 1.54) is 0 Å². The number of ketones is 1. The monoisotopic (exact) mass is 274 g/mol. The minimum absolute atomic E-state index is 0.161. The smallest absolute Gasteiger partial charge is 0.167 e. The van der Waals surface area contributed by atoms with Crippen molar-refractivity contribution in [1.29, 1.82) is 0 Å². The molecule has 0 bridgehead atoms. The van der Waals surface area contributed by atoms with Gasteiger partial charge in [0, 0.05) is 44.2 Å². The maximum absolute atomic E-state index is 12.6. The Morgan fingerprint density at radius 2 is 2.15 bits per heavy atom. The lowest BCUT2D eigenvalue weighted by atomic mass is 9.82. The fourth-order valence-electron chi connectivity index (χ4n) is 3.20. The Labute approximate surface area is 120 Å². The van der Waals surface area contributed by atoms with Crippen molar-refractivity contribution in [3.63, 3.8) is 0 Å². The molecule has 0 aromatic heterocycles. The largest absolute Gasteiger partial charge is 0.497 e. The van der Waals surface area contributed by atoms with Gasteiger partial charge in [0.25, 0.3) is 0 Å². The lowest BCUT2D eigenvalue weighted by Crippen LogP contribution is -2.46. The van der Waals surface area contributed by atoms with Crippen LogP contribution in [0.25, 0.3) is 0 Å². The Bertz CT molecular complexity index is 495. The Hall–Kier alpha value is -1.39. The molecule has 1 aliphatic heterocycles. The number of piperazine rings is 1. The zero-order valence-electron chi connectivity index (χ0n) is 12.0. The number of methoxy groups -OCH3 is 1. The van der Waals surface area contributed by atoms with Gasteiger partial charge in [0.1, 0.15) is 5.75 Å². The van der Waals surface area contributed by atoms with Crippen LogP contribution in [0.4, 0.5) is 0 Å². The van der Waals surface area contributed by atoms with E-state index < -0.39 is 0 Å². The summed E-state index contributed by atoms with van der Waals surface area (Å²) in [7, 11) is 1.67. The standard InChI is InChI=1S/C16H22N2O2/c1-20-14-4-5-15-12(10-14)2-3-13(16(15)19)11-18-8-6-17-7-9-18/h4-5,10,13,17H,2-3,6-9,11H2,1H3. The highest BCUT2D eigenvalue weighted by atomic mass is 16.5. The molecule has 1 N–H and O–H groups in total. The molecule has 1 aromatic carbocycles. The van der Waals surface area contributed by atoms with Crippen LogP contribution in [0.5, 0.6) is 5.75 Å². The summed E-state index contributed by atoms with van der Waals surface area (Å²) in [5.41, 5.74) is 2.04. The predicted molar refractivity (Wildman–Crippen MR) is 78.4 cm³/mol. The first-order valence-corrected chi connectivity index (χ1v) is 7.42. The number of hydrogen-bond acceptors (Lipinski definition) is 4. The number of nitrogens with one attached hydrogen (secondary N) is 1. The third kappa shape index (κ3) is 2.72. The first kappa shape index (κ1) is 13.6. The SMILES string of the molecule is COc1ccc2c(c1)CCC(CN1CCNCC1)C2=O. The molecule has 1 fully saturated rings. The molecule has 1 unspecified atom stereocenters. The van der Waals surface area contributed by atoms with Crippen LogP contribution in [0.15, 0.2) is 18.2 Å². The van der Waals surface area contributed by atoms with E-state index in [9.17, 15) is 4.79 Å². The maximum Gasteiger partial charge on any atom is 0.167 e. The summed E-state index contributed by atoms with van der Waals surface area (Å²) in [5, 5.41) is 3.35. The topological polar surface area (TPSA) is 41.6 Å². The van der Waals surface area contributed by atoms with Crippen molar-refractivity contribution in [1.82, 2.24) is 10.2 Å². The third-order valence-corrected chi connectivity index (χ3v) is 4.40. The lowest BCUT2D eigenvalue weighted by molar-refractivity contribution is 0.0850. The number of rotatable bonds is 3. The van der Waals surface area contributed by atoms with E-state index in [-0.39, 0.29) is 5.92 Å². The van der Waals surface area contributed by atoms with Gasteiger partial charge in [-0.15, -0.1) is 0 Å². The maximum atomic E-state index is 12.6. The van der Waals surface area contributed by atoms with Crippen molar-refractivity contribution in [2.75, 3.05) is 39.8 Å². The van der Waals surface area contributed by atoms with Crippen LogP contribution in [-0.2, 0) is 6.42 Å². The number of Topliss-reactive ketones (excluding diaryl/α,β-unsaturated/α-hetero) is 1. The molecule has 1 aliphatic carbocycles. The molecule has 1 heterocycles. The average Bonchev–Trinajstić information content (AvgIpc) is 2.51. The Balaban J connectivity index is 1.71. The highest BCUT2D eigenvalue weighted by Crippen LogP contribution is 2.29. The van der Waals surface area contributed by atoms with Crippen molar-refractivity contribution in [2.45, 2.75) is 12.8 Å². The van der Waals surface area contributed by atoms with Crippen molar-refractivity contribution in [3.05, 3.63) is 29.3 Å². The Kier molecular flexibility index (Phi) is 4.03. The average molecular weight is 274 g/mol. The Morgan fingerprint density at radius 3 is 2.90 bits per heavy atom. The Morgan fingerprint density at radius 1 is 1.35 bits per heavy atom. The van der Waals surface area contributed by atoms with E-state index >= 15 is 0 Å². The van der Waals surface area contributed by atoms with Crippen LogP contribution in [0.1, 0.15) is 22.3 Å². The number of carbonyl (C=O) groups is 1. The van der Waals surface area contributed by atoms with E-state index in [1.807, 2.05) is 18.2 Å². The number of benzene rings is 1. The molecule has 1 atom stereocenters. The molecule has 3 rings (SSSR count). The number of nitrogens with zero attached hydrogens (tertiary/aromatic N) is 1. The molecule has 1 aromatic rings. The van der Waals surface area contributed by atoms with Crippen LogP contribution in [0, 0.1) is 5.92 Å². The normalized spacial score (nSPS) is 23.4. The van der Waals surface area contributed by atoms with Gasteiger partial charge in [0.2, 0.25) is 0 Å². The second-order valence-electron chi connectivity index (χ2n) is 5.67. The van der Waals surface area contributed by atoms with Crippen molar-refractivity contribution < 1.29 is 9.53 Å². The van der Waals surface area contributed by atoms with Crippen LogP contribution in [0.3, 0.4) is 0 Å². The first-order valence-electron chi connectivity index (χ1n) is 7.42. The van der Waals surface area contributed by atoms with Gasteiger partial charge < -0.3 is 15.0 Å². The first-order chi connectivity index (χ1) is 9.78. The number of hydrogen-bond donors (Lipinski definition) is 1. The highest BCUT2D eigenvalue weighted by Gasteiger charge is 2.29. The minimum Gasteiger partial charge on any atom is -0.497 e. The summed E-state index contributed by atoms with van der Waals surface area (Å²) in [4.78, 5) is 15.0. The molecule has 20 heavy (non-hydrogen) atoms. The van der Waals surface area contributed by atoms with Gasteiger partial charge in [0.15, 0.2) is 5.78 Å². The zero-order valence-corrected chi connectivity index (χ0v) is 12.0. The summed E-state index contributed by atoms with van der Waals surface area (Å²) < 4.78 is 5.24. The number of ether oxygens (including phenoxy) is 1. The number of aryl methyl sites for hydroxylation is 1. The van der Waals surface area contributed by atoms with Gasteiger partial charge in [-0.2, -0.15) is 0 Å². The van der Waals surface area contributed by atoms with Crippen LogP contribution < -0.4 is 10.1 Å². The molecule has 4 heteroatoms. The summed E-state index contributed by atoms with van der Waals surface area (Å²) in [6.07, 6.45) is 1.94. The zero-order chi connectivity index (χ0) is 13.9. The molecule has 4 nitrogen and oxygen atoms in total. The van der Waals surface area contributed by atoms with E-state index in [4.69, 9.17) is 4.74 Å². The quantitative estimate of drug-likeness (QED) is 0.903. The van der Waals surface area contributed by atoms with Crippen LogP contribution >= 0.6 is 0 Å². The lowest BCUT2D eigenvalue weighted by Gasteiger charge is -2.32. The van der Waals surface area contributed by atoms with Crippen LogP contribution in [-0.4, -0.2) is 50.5 Å². The van der Waals surface area contributed by atoms with E-state index in [0.29, 0.717) is 5.78 Å². The molecular formula is C16H22N2O2. The second-order valence-corrected chi connectivity index (χ2v) is 5.67. The minimum atomic E-state index is 0.161. The van der Waals surface area contributed by atoms with Gasteiger partial charge in [-0.1, -0.05) is 0 Å². The second kappa shape index (κ2) is 5.94. The van der Waals surface area contributed by atoms with E-state index in [1.54, 1.807) is 7.11 Å². The van der Waals surface area contributed by atoms with Gasteiger partial charge >= 0.3 is 0 Å². The van der Waals surface area contributed by atoms with Gasteiger partial charge in [-0.3, -0.25) is 4.79 Å². The van der Waals surface area contributed by atoms with E-state index in [2.05, 4.69) is 10.2 Å². The highest BCUT2D eigenvalue weighted by molar-refractivity contribution is 6.00. The molecular weight excluding hydrogens is 252 g/mol. The summed E-state index contributed by atoms with van der Waals surface area (Å²) in [6.45, 7) is 5.09. The molecule has 0 radical (unpaired) electrons. The molecule has 2 aliphatic rings. The fraction of sp³-hybridized carbons (Fsp3) is 0.562. The van der Waals surface area contributed by atoms with Gasteiger partial charge in [-0.05, 0) is 36.6 Å². The molecule has 0 amide bonds. The molecule has 0 spiro atoms. The van der Waals surface area contributed by atoms with Gasteiger partial charge in [0.05, 0.1) is 7.11 Å². The molecule has 0 saturated carbocycles.